The number of carbonyl (C=O) groups excluding carboxylic acids is 2. The summed E-state index contributed by atoms with van der Waals surface area (Å²) in [4.78, 5) is 42.2. The molecular formula is C32H36Cl2N8O2. The Labute approximate surface area is 267 Å². The Bertz CT molecular complexity index is 1660. The molecule has 4 aromatic rings. The van der Waals surface area contributed by atoms with Crippen molar-refractivity contribution >= 4 is 58.5 Å². The molecule has 10 nitrogen and oxygen atoms in total. The summed E-state index contributed by atoms with van der Waals surface area (Å²) in [5.74, 6) is 0.905. The van der Waals surface area contributed by atoms with E-state index >= 15 is 0 Å². The molecule has 2 aromatic carbocycles. The van der Waals surface area contributed by atoms with E-state index in [4.69, 9.17) is 16.6 Å². The number of nitrogens with zero attached hydrogens (tertiary/aromatic N) is 6. The van der Waals surface area contributed by atoms with Crippen molar-refractivity contribution in [3.63, 3.8) is 0 Å². The second-order valence-electron chi connectivity index (χ2n) is 11.4. The summed E-state index contributed by atoms with van der Waals surface area (Å²) in [5.41, 5.74) is 4.59. The molecule has 0 unspecified atom stereocenters. The molecule has 3 aliphatic heterocycles. The van der Waals surface area contributed by atoms with Crippen molar-refractivity contribution in [2.75, 3.05) is 56.0 Å². The Morgan fingerprint density at radius 3 is 2.48 bits per heavy atom. The summed E-state index contributed by atoms with van der Waals surface area (Å²) in [5, 5.41) is 8.04. The average Bonchev–Trinajstić information content (AvgIpc) is 3.31. The number of hydrogen-bond acceptors (Lipinski definition) is 6. The van der Waals surface area contributed by atoms with E-state index in [-0.39, 0.29) is 36.9 Å². The van der Waals surface area contributed by atoms with Crippen LogP contribution in [0.5, 0.6) is 0 Å². The second kappa shape index (κ2) is 13.0. The third kappa shape index (κ3) is 5.81. The van der Waals surface area contributed by atoms with E-state index in [1.165, 1.54) is 0 Å². The third-order valence-electron chi connectivity index (χ3n) is 8.92. The average molecular weight is 636 g/mol. The molecular weight excluding hydrogens is 599 g/mol. The van der Waals surface area contributed by atoms with Gasteiger partial charge >= 0.3 is 6.03 Å². The molecule has 0 aliphatic carbocycles. The topological polar surface area (TPSA) is 98.6 Å². The first-order chi connectivity index (χ1) is 21.1. The third-order valence-corrected chi connectivity index (χ3v) is 9.25. The number of para-hydroxylation sites is 1. The van der Waals surface area contributed by atoms with Crippen molar-refractivity contribution in [2.24, 2.45) is 0 Å². The van der Waals surface area contributed by atoms with Crippen LogP contribution in [0.4, 0.5) is 16.3 Å². The van der Waals surface area contributed by atoms with Crippen LogP contribution in [0, 0.1) is 0 Å². The van der Waals surface area contributed by atoms with Gasteiger partial charge in [-0.3, -0.25) is 4.79 Å². The highest BCUT2D eigenvalue weighted by molar-refractivity contribution is 6.33. The fourth-order valence-corrected chi connectivity index (χ4v) is 6.88. The minimum Gasteiger partial charge on any atom is -0.353 e. The van der Waals surface area contributed by atoms with E-state index in [0.717, 1.165) is 84.7 Å². The number of piperazine rings is 1. The van der Waals surface area contributed by atoms with Gasteiger partial charge in [0.15, 0.2) is 0 Å². The molecule has 7 rings (SSSR count). The first kappa shape index (κ1) is 30.2. The van der Waals surface area contributed by atoms with Gasteiger partial charge in [0.2, 0.25) is 5.91 Å². The predicted molar refractivity (Wildman–Crippen MR) is 176 cm³/mol. The zero-order valence-electron chi connectivity index (χ0n) is 24.4. The first-order valence-corrected chi connectivity index (χ1v) is 15.4. The quantitative estimate of drug-likeness (QED) is 0.331. The summed E-state index contributed by atoms with van der Waals surface area (Å²) < 4.78 is 1.94. The number of likely N-dealkylation sites (tertiary alicyclic amines) is 1. The van der Waals surface area contributed by atoms with E-state index < -0.39 is 0 Å². The molecule has 0 atom stereocenters. The summed E-state index contributed by atoms with van der Waals surface area (Å²) in [6.07, 6.45) is 5.91. The normalized spacial score (nSPS) is 17.6. The molecule has 2 N–H and O–H groups in total. The van der Waals surface area contributed by atoms with Gasteiger partial charge in [-0.15, -0.1) is 12.4 Å². The van der Waals surface area contributed by atoms with E-state index in [1.54, 1.807) is 6.33 Å². The standard InChI is InChI=1S/C32H35ClN8O2.ClH/c33-26-7-3-2-6-24(26)25-19-40(31-29(25)30(35-21-36-31)39-17-12-34-13-18-39)20-28(42)38-14-10-23(11-15-38)41-16-9-22-5-1-4-8-27(22)37-32(41)43;/h1-8,19,21,23,34H,9-18,20H2,(H,37,43);1H. The number of urea groups is 1. The number of fused-ring (bicyclic) bond motifs is 2. The van der Waals surface area contributed by atoms with E-state index in [9.17, 15) is 9.59 Å². The highest BCUT2D eigenvalue weighted by Gasteiger charge is 2.32. The fourth-order valence-electron chi connectivity index (χ4n) is 6.64. The van der Waals surface area contributed by atoms with Crippen LogP contribution in [-0.2, 0) is 17.8 Å². The number of rotatable bonds is 5. The molecule has 0 spiro atoms. The molecule has 3 aliphatic rings. The maximum absolute atomic E-state index is 13.7. The van der Waals surface area contributed by atoms with Gasteiger partial charge in [-0.05, 0) is 37.0 Å². The minimum atomic E-state index is -0.0550. The van der Waals surface area contributed by atoms with Crippen LogP contribution in [0.2, 0.25) is 5.02 Å². The van der Waals surface area contributed by atoms with Crippen LogP contribution in [0.3, 0.4) is 0 Å². The highest BCUT2D eigenvalue weighted by atomic mass is 35.5. The number of piperidine rings is 1. The molecule has 0 saturated carbocycles. The summed E-state index contributed by atoms with van der Waals surface area (Å²) >= 11 is 6.68. The Hall–Kier alpha value is -3.86. The zero-order valence-corrected chi connectivity index (χ0v) is 26.0. The number of anilines is 2. The van der Waals surface area contributed by atoms with E-state index in [1.807, 2.05) is 63.0 Å². The molecule has 3 amide bonds. The lowest BCUT2D eigenvalue weighted by Crippen LogP contribution is -2.50. The van der Waals surface area contributed by atoms with E-state index in [0.29, 0.717) is 24.7 Å². The molecule has 2 fully saturated rings. The van der Waals surface area contributed by atoms with Crippen LogP contribution in [0.15, 0.2) is 61.1 Å². The highest BCUT2D eigenvalue weighted by Crippen LogP contribution is 2.38. The molecule has 230 valence electrons. The van der Waals surface area contributed by atoms with Gasteiger partial charge in [0.05, 0.1) is 5.39 Å². The lowest BCUT2D eigenvalue weighted by molar-refractivity contribution is -0.133. The van der Waals surface area contributed by atoms with Crippen molar-refractivity contribution in [2.45, 2.75) is 31.8 Å². The van der Waals surface area contributed by atoms with Crippen LogP contribution < -0.4 is 15.5 Å². The summed E-state index contributed by atoms with van der Waals surface area (Å²) in [6.45, 7) is 5.51. The number of hydrogen-bond donors (Lipinski definition) is 2. The van der Waals surface area contributed by atoms with Crippen LogP contribution >= 0.6 is 24.0 Å². The van der Waals surface area contributed by atoms with Crippen LogP contribution in [-0.4, -0.2) is 88.1 Å². The number of benzene rings is 2. The molecule has 2 aromatic heterocycles. The van der Waals surface area contributed by atoms with E-state index in [2.05, 4.69) is 26.6 Å². The maximum atomic E-state index is 13.7. The van der Waals surface area contributed by atoms with Gasteiger partial charge in [0, 0.05) is 79.9 Å². The van der Waals surface area contributed by atoms with Crippen LogP contribution in [0.1, 0.15) is 18.4 Å². The monoisotopic (exact) mass is 634 g/mol. The maximum Gasteiger partial charge on any atom is 0.322 e. The van der Waals surface area contributed by atoms with Crippen molar-refractivity contribution < 1.29 is 9.59 Å². The van der Waals surface area contributed by atoms with Crippen molar-refractivity contribution in [3.8, 4) is 11.1 Å². The van der Waals surface area contributed by atoms with Crippen molar-refractivity contribution in [1.29, 1.82) is 0 Å². The molecule has 0 bridgehead atoms. The molecule has 5 heterocycles. The van der Waals surface area contributed by atoms with Crippen LogP contribution in [0.25, 0.3) is 22.2 Å². The van der Waals surface area contributed by atoms with Gasteiger partial charge in [-0.25, -0.2) is 14.8 Å². The number of halogens is 2. The smallest absolute Gasteiger partial charge is 0.322 e. The number of nitrogens with one attached hydrogen (secondary N) is 2. The Morgan fingerprint density at radius 2 is 1.68 bits per heavy atom. The van der Waals surface area contributed by atoms with Gasteiger partial charge < -0.3 is 29.9 Å². The van der Waals surface area contributed by atoms with Gasteiger partial charge in [-0.2, -0.15) is 0 Å². The molecule has 0 radical (unpaired) electrons. The summed E-state index contributed by atoms with van der Waals surface area (Å²) in [6, 6.07) is 15.8. The first-order valence-electron chi connectivity index (χ1n) is 15.0. The zero-order chi connectivity index (χ0) is 29.3. The van der Waals surface area contributed by atoms with Gasteiger partial charge in [0.1, 0.15) is 24.3 Å². The number of aromatic nitrogens is 3. The Morgan fingerprint density at radius 1 is 0.932 bits per heavy atom. The number of amides is 3. The minimum absolute atomic E-state index is 0. The molecule has 44 heavy (non-hydrogen) atoms. The predicted octanol–water partition coefficient (Wildman–Crippen LogP) is 4.66. The summed E-state index contributed by atoms with van der Waals surface area (Å²) in [7, 11) is 0. The lowest BCUT2D eigenvalue weighted by Gasteiger charge is -2.38. The van der Waals surface area contributed by atoms with Gasteiger partial charge in [0.25, 0.3) is 0 Å². The Balaban J connectivity index is 0.00000343. The largest absolute Gasteiger partial charge is 0.353 e. The van der Waals surface area contributed by atoms with Crippen molar-refractivity contribution in [3.05, 3.63) is 71.6 Å². The second-order valence-corrected chi connectivity index (χ2v) is 11.8. The Kier molecular flexibility index (Phi) is 8.93. The molecule has 2 saturated heterocycles. The van der Waals surface area contributed by atoms with Gasteiger partial charge in [-0.1, -0.05) is 48.0 Å². The van der Waals surface area contributed by atoms with Crippen molar-refractivity contribution in [1.82, 2.24) is 29.7 Å². The SMILES string of the molecule is Cl.O=C(Cn1cc(-c2ccccc2Cl)c2c(N3CCNCC3)ncnc21)N1CCC(N2CCc3ccccc3NC2=O)CC1. The fraction of sp³-hybridized carbons (Fsp3) is 0.375. The lowest BCUT2D eigenvalue weighted by atomic mass is 10.0. The number of carbonyl (C=O) groups is 2. The molecule has 12 heteroatoms.